The van der Waals surface area contributed by atoms with Gasteiger partial charge in [0.15, 0.2) is 0 Å². The van der Waals surface area contributed by atoms with Gasteiger partial charge in [0, 0.05) is 37.7 Å². The van der Waals surface area contributed by atoms with Crippen molar-refractivity contribution in [2.75, 3.05) is 44.3 Å². The Hall–Kier alpha value is -0.260. The number of nitrogens with zero attached hydrogens (tertiary/aromatic N) is 1. The fourth-order valence-electron chi connectivity index (χ4n) is 1.66. The normalized spacial score (nSPS) is 22.5. The molecule has 0 bridgehead atoms. The van der Waals surface area contributed by atoms with E-state index in [0.717, 1.165) is 37.7 Å². The molecule has 0 spiro atoms. The quantitative estimate of drug-likeness (QED) is 0.735. The standard InChI is InChI=1S/C10H18N2O2S/c13-10(12-2-5-15-6-3-12)1-4-14-9-7-11-8-9/h9,11H,1-8H2. The molecule has 2 rings (SSSR count). The van der Waals surface area contributed by atoms with E-state index in [1.54, 1.807) is 0 Å². The van der Waals surface area contributed by atoms with Crippen molar-refractivity contribution >= 4 is 17.7 Å². The summed E-state index contributed by atoms with van der Waals surface area (Å²) in [5, 5.41) is 3.14. The Balaban J connectivity index is 1.58. The van der Waals surface area contributed by atoms with Crippen LogP contribution in [-0.2, 0) is 9.53 Å². The van der Waals surface area contributed by atoms with Gasteiger partial charge in [-0.2, -0.15) is 11.8 Å². The van der Waals surface area contributed by atoms with E-state index < -0.39 is 0 Å². The van der Waals surface area contributed by atoms with Gasteiger partial charge in [0.05, 0.1) is 19.1 Å². The van der Waals surface area contributed by atoms with Gasteiger partial charge in [0.25, 0.3) is 0 Å². The number of carbonyl (C=O) groups is 1. The summed E-state index contributed by atoms with van der Waals surface area (Å²) in [6, 6.07) is 0. The first kappa shape index (κ1) is 11.2. The van der Waals surface area contributed by atoms with Crippen molar-refractivity contribution < 1.29 is 9.53 Å². The molecule has 2 heterocycles. The maximum Gasteiger partial charge on any atom is 0.224 e. The molecule has 0 atom stereocenters. The van der Waals surface area contributed by atoms with Crippen LogP contribution >= 0.6 is 11.8 Å². The number of rotatable bonds is 4. The predicted molar refractivity (Wildman–Crippen MR) is 61.1 cm³/mol. The average Bonchev–Trinajstić information content (AvgIpc) is 2.23. The lowest BCUT2D eigenvalue weighted by Crippen LogP contribution is -2.48. The van der Waals surface area contributed by atoms with E-state index in [4.69, 9.17) is 4.74 Å². The maximum atomic E-state index is 11.7. The highest BCUT2D eigenvalue weighted by Crippen LogP contribution is 2.10. The van der Waals surface area contributed by atoms with E-state index in [9.17, 15) is 4.79 Å². The third kappa shape index (κ3) is 3.36. The maximum absolute atomic E-state index is 11.7. The fraction of sp³-hybridized carbons (Fsp3) is 0.900. The SMILES string of the molecule is O=C(CCOC1CNC1)N1CCSCC1. The molecule has 0 aliphatic carbocycles. The minimum atomic E-state index is 0.252. The molecule has 86 valence electrons. The Morgan fingerprint density at radius 3 is 2.73 bits per heavy atom. The Bertz CT molecular complexity index is 215. The number of thioether (sulfide) groups is 1. The number of amides is 1. The Morgan fingerprint density at radius 2 is 2.13 bits per heavy atom. The van der Waals surface area contributed by atoms with E-state index in [1.807, 2.05) is 16.7 Å². The van der Waals surface area contributed by atoms with Crippen molar-refractivity contribution in [2.45, 2.75) is 12.5 Å². The smallest absolute Gasteiger partial charge is 0.224 e. The van der Waals surface area contributed by atoms with Crippen LogP contribution < -0.4 is 5.32 Å². The van der Waals surface area contributed by atoms with Gasteiger partial charge in [-0.25, -0.2) is 0 Å². The summed E-state index contributed by atoms with van der Waals surface area (Å²) in [6.07, 6.45) is 0.885. The number of hydrogen-bond donors (Lipinski definition) is 1. The molecule has 4 nitrogen and oxygen atoms in total. The van der Waals surface area contributed by atoms with Crippen LogP contribution in [0.2, 0.25) is 0 Å². The van der Waals surface area contributed by atoms with E-state index in [0.29, 0.717) is 19.1 Å². The molecule has 1 amide bonds. The minimum Gasteiger partial charge on any atom is -0.375 e. The van der Waals surface area contributed by atoms with Crippen LogP contribution in [-0.4, -0.2) is 61.2 Å². The summed E-state index contributed by atoms with van der Waals surface area (Å²) in [6.45, 7) is 4.28. The zero-order chi connectivity index (χ0) is 10.5. The molecule has 5 heteroatoms. The molecule has 0 aromatic rings. The summed E-state index contributed by atoms with van der Waals surface area (Å²) in [7, 11) is 0. The van der Waals surface area contributed by atoms with Crippen LogP contribution in [0.5, 0.6) is 0 Å². The van der Waals surface area contributed by atoms with Gasteiger partial charge in [-0.3, -0.25) is 4.79 Å². The molecule has 0 unspecified atom stereocenters. The van der Waals surface area contributed by atoms with Crippen LogP contribution in [0.3, 0.4) is 0 Å². The topological polar surface area (TPSA) is 41.6 Å². The molecule has 2 aliphatic rings. The Morgan fingerprint density at radius 1 is 1.40 bits per heavy atom. The third-order valence-corrected chi connectivity index (χ3v) is 3.72. The lowest BCUT2D eigenvalue weighted by atomic mass is 10.2. The molecule has 0 aromatic heterocycles. The van der Waals surface area contributed by atoms with Gasteiger partial charge < -0.3 is 15.0 Å². The highest BCUT2D eigenvalue weighted by molar-refractivity contribution is 7.99. The van der Waals surface area contributed by atoms with Gasteiger partial charge in [-0.15, -0.1) is 0 Å². The number of nitrogens with one attached hydrogen (secondary N) is 1. The minimum absolute atomic E-state index is 0.252. The van der Waals surface area contributed by atoms with Crippen molar-refractivity contribution in [3.63, 3.8) is 0 Å². The molecule has 15 heavy (non-hydrogen) atoms. The van der Waals surface area contributed by atoms with Gasteiger partial charge in [0.2, 0.25) is 5.91 Å². The fourth-order valence-corrected chi connectivity index (χ4v) is 2.57. The molecule has 0 saturated carbocycles. The lowest BCUT2D eigenvalue weighted by Gasteiger charge is -2.29. The summed E-state index contributed by atoms with van der Waals surface area (Å²) in [4.78, 5) is 13.7. The van der Waals surface area contributed by atoms with Crippen LogP contribution in [0, 0.1) is 0 Å². The molecular formula is C10H18N2O2S. The van der Waals surface area contributed by atoms with Crippen molar-refractivity contribution in [1.29, 1.82) is 0 Å². The van der Waals surface area contributed by atoms with E-state index in [1.165, 1.54) is 0 Å². The second-order valence-electron chi connectivity index (χ2n) is 3.89. The first-order valence-electron chi connectivity index (χ1n) is 5.54. The zero-order valence-corrected chi connectivity index (χ0v) is 9.72. The second kappa shape index (κ2) is 5.72. The molecule has 0 aromatic carbocycles. The van der Waals surface area contributed by atoms with Crippen LogP contribution in [0.1, 0.15) is 6.42 Å². The van der Waals surface area contributed by atoms with Crippen LogP contribution in [0.4, 0.5) is 0 Å². The zero-order valence-electron chi connectivity index (χ0n) is 8.91. The van der Waals surface area contributed by atoms with E-state index in [-0.39, 0.29) is 5.91 Å². The predicted octanol–water partition coefficient (Wildman–Crippen LogP) is -0.0597. The average molecular weight is 230 g/mol. The van der Waals surface area contributed by atoms with E-state index >= 15 is 0 Å². The van der Waals surface area contributed by atoms with Crippen molar-refractivity contribution in [1.82, 2.24) is 10.2 Å². The molecule has 2 saturated heterocycles. The van der Waals surface area contributed by atoms with Gasteiger partial charge in [-0.1, -0.05) is 0 Å². The largest absolute Gasteiger partial charge is 0.375 e. The number of hydrogen-bond acceptors (Lipinski definition) is 4. The summed E-state index contributed by atoms with van der Waals surface area (Å²) >= 11 is 1.92. The van der Waals surface area contributed by atoms with Crippen molar-refractivity contribution in [3.05, 3.63) is 0 Å². The van der Waals surface area contributed by atoms with E-state index in [2.05, 4.69) is 5.32 Å². The van der Waals surface area contributed by atoms with Gasteiger partial charge in [-0.05, 0) is 0 Å². The molecule has 2 aliphatic heterocycles. The summed E-state index contributed by atoms with van der Waals surface area (Å²) in [5.74, 6) is 2.42. The van der Waals surface area contributed by atoms with Crippen LogP contribution in [0.25, 0.3) is 0 Å². The first-order chi connectivity index (χ1) is 7.36. The van der Waals surface area contributed by atoms with Gasteiger partial charge >= 0.3 is 0 Å². The van der Waals surface area contributed by atoms with Crippen LogP contribution in [0.15, 0.2) is 0 Å². The Kier molecular flexibility index (Phi) is 4.29. The molecular weight excluding hydrogens is 212 g/mol. The van der Waals surface area contributed by atoms with Gasteiger partial charge in [0.1, 0.15) is 0 Å². The van der Waals surface area contributed by atoms with Crippen molar-refractivity contribution in [2.24, 2.45) is 0 Å². The monoisotopic (exact) mass is 230 g/mol. The highest BCUT2D eigenvalue weighted by atomic mass is 32.2. The first-order valence-corrected chi connectivity index (χ1v) is 6.69. The summed E-state index contributed by atoms with van der Waals surface area (Å²) in [5.41, 5.74) is 0. The summed E-state index contributed by atoms with van der Waals surface area (Å²) < 4.78 is 5.52. The molecule has 1 N–H and O–H groups in total. The lowest BCUT2D eigenvalue weighted by molar-refractivity contribution is -0.132. The highest BCUT2D eigenvalue weighted by Gasteiger charge is 2.19. The Labute approximate surface area is 94.7 Å². The number of carbonyl (C=O) groups excluding carboxylic acids is 1. The third-order valence-electron chi connectivity index (χ3n) is 2.78. The second-order valence-corrected chi connectivity index (χ2v) is 5.12. The number of ether oxygens (including phenoxy) is 1. The molecule has 0 radical (unpaired) electrons. The molecule has 2 fully saturated rings. The van der Waals surface area contributed by atoms with Crippen molar-refractivity contribution in [3.8, 4) is 0 Å².